The molecule has 2 rings (SSSR count). The van der Waals surface area contributed by atoms with Gasteiger partial charge in [-0.3, -0.25) is 0 Å². The van der Waals surface area contributed by atoms with Crippen LogP contribution in [0.4, 0.5) is 13.2 Å². The fourth-order valence-electron chi connectivity index (χ4n) is 1.53. The minimum atomic E-state index is -4.50. The third-order valence-electron chi connectivity index (χ3n) is 2.40. The van der Waals surface area contributed by atoms with Crippen molar-refractivity contribution in [2.75, 3.05) is 6.61 Å². The molecule has 0 aliphatic rings. The Morgan fingerprint density at radius 1 is 1.53 bits per heavy atom. The lowest BCUT2D eigenvalue weighted by molar-refractivity contribution is -0.137. The van der Waals surface area contributed by atoms with Crippen LogP contribution in [0, 0.1) is 0 Å². The van der Waals surface area contributed by atoms with Crippen LogP contribution in [0.25, 0.3) is 5.52 Å². The molecule has 4 nitrogen and oxygen atoms in total. The van der Waals surface area contributed by atoms with Crippen LogP contribution < -0.4 is 0 Å². The minimum absolute atomic E-state index is 0.000422. The number of fused-ring (bicyclic) bond motifs is 1. The van der Waals surface area contributed by atoms with Crippen molar-refractivity contribution in [2.24, 2.45) is 0 Å². The van der Waals surface area contributed by atoms with Crippen molar-refractivity contribution in [3.63, 3.8) is 0 Å². The van der Waals surface area contributed by atoms with Gasteiger partial charge in [0.05, 0.1) is 28.9 Å². The number of esters is 1. The second-order valence-electron chi connectivity index (χ2n) is 3.65. The van der Waals surface area contributed by atoms with E-state index in [1.165, 1.54) is 0 Å². The van der Waals surface area contributed by atoms with Gasteiger partial charge in [-0.25, -0.2) is 9.31 Å². The molecule has 2 heterocycles. The Morgan fingerprint density at radius 3 is 2.79 bits per heavy atom. The third kappa shape index (κ3) is 2.51. The molecular formula is C11H8ClF3N2O2. The van der Waals surface area contributed by atoms with Gasteiger partial charge in [0.2, 0.25) is 0 Å². The van der Waals surface area contributed by atoms with E-state index in [2.05, 4.69) is 5.10 Å². The van der Waals surface area contributed by atoms with Gasteiger partial charge in [-0.2, -0.15) is 18.3 Å². The molecule has 102 valence electrons. The lowest BCUT2D eigenvalue weighted by Crippen LogP contribution is -2.07. The van der Waals surface area contributed by atoms with Crippen LogP contribution in [0.3, 0.4) is 0 Å². The summed E-state index contributed by atoms with van der Waals surface area (Å²) >= 11 is 5.91. The van der Waals surface area contributed by atoms with E-state index in [1.54, 1.807) is 6.92 Å². The van der Waals surface area contributed by atoms with Crippen molar-refractivity contribution in [1.82, 2.24) is 9.61 Å². The lowest BCUT2D eigenvalue weighted by atomic mass is 10.2. The standard InChI is InChI=1S/C11H8ClF3N2O2/c1-2-19-10(18)7-4-16-17-5-6(11(13,14)15)3-8(17)9(7)12/h3-5H,2H2,1H3. The lowest BCUT2D eigenvalue weighted by Gasteiger charge is -2.04. The number of alkyl halides is 3. The van der Waals surface area contributed by atoms with Gasteiger partial charge >= 0.3 is 12.1 Å². The molecule has 0 aliphatic heterocycles. The summed E-state index contributed by atoms with van der Waals surface area (Å²) in [7, 11) is 0. The van der Waals surface area contributed by atoms with Crippen molar-refractivity contribution in [3.8, 4) is 0 Å². The molecule has 0 atom stereocenters. The molecule has 0 N–H and O–H groups in total. The first-order valence-electron chi connectivity index (χ1n) is 5.25. The number of nitrogens with zero attached hydrogens (tertiary/aromatic N) is 2. The van der Waals surface area contributed by atoms with Crippen LogP contribution in [-0.2, 0) is 10.9 Å². The summed E-state index contributed by atoms with van der Waals surface area (Å²) in [6, 6.07) is 0.831. The smallest absolute Gasteiger partial charge is 0.417 e. The minimum Gasteiger partial charge on any atom is -0.462 e. The highest BCUT2D eigenvalue weighted by atomic mass is 35.5. The van der Waals surface area contributed by atoms with Gasteiger partial charge in [0.25, 0.3) is 0 Å². The van der Waals surface area contributed by atoms with Gasteiger partial charge in [0.15, 0.2) is 0 Å². The van der Waals surface area contributed by atoms with Crippen LogP contribution in [0.2, 0.25) is 5.02 Å². The molecule has 0 aromatic carbocycles. The molecule has 0 unspecified atom stereocenters. The zero-order valence-corrected chi connectivity index (χ0v) is 10.4. The molecular weight excluding hydrogens is 285 g/mol. The summed E-state index contributed by atoms with van der Waals surface area (Å²) in [5.41, 5.74) is -0.953. The van der Waals surface area contributed by atoms with E-state index in [9.17, 15) is 18.0 Å². The van der Waals surface area contributed by atoms with Crippen LogP contribution in [0.5, 0.6) is 0 Å². The van der Waals surface area contributed by atoms with Crippen LogP contribution in [0.1, 0.15) is 22.8 Å². The SMILES string of the molecule is CCOC(=O)c1cnn2cc(C(F)(F)F)cc2c1Cl. The summed E-state index contributed by atoms with van der Waals surface area (Å²) in [6.07, 6.45) is -2.62. The van der Waals surface area contributed by atoms with Crippen molar-refractivity contribution in [3.05, 3.63) is 34.6 Å². The van der Waals surface area contributed by atoms with Gasteiger partial charge in [-0.1, -0.05) is 11.6 Å². The van der Waals surface area contributed by atoms with Gasteiger partial charge in [-0.15, -0.1) is 0 Å². The van der Waals surface area contributed by atoms with Gasteiger partial charge in [0.1, 0.15) is 5.56 Å². The summed E-state index contributed by atoms with van der Waals surface area (Å²) < 4.78 is 43.4. The van der Waals surface area contributed by atoms with Gasteiger partial charge in [-0.05, 0) is 13.0 Å². The highest BCUT2D eigenvalue weighted by Gasteiger charge is 2.32. The highest BCUT2D eigenvalue weighted by molar-refractivity contribution is 6.36. The molecule has 0 fully saturated rings. The van der Waals surface area contributed by atoms with Crippen molar-refractivity contribution in [2.45, 2.75) is 13.1 Å². The van der Waals surface area contributed by atoms with Crippen LogP contribution in [-0.4, -0.2) is 22.2 Å². The Morgan fingerprint density at radius 2 is 2.21 bits per heavy atom. The molecule has 0 spiro atoms. The molecule has 0 bridgehead atoms. The average molecular weight is 293 g/mol. The molecule has 0 radical (unpaired) electrons. The van der Waals surface area contributed by atoms with Gasteiger partial charge in [0, 0.05) is 6.20 Å². The predicted octanol–water partition coefficient (Wildman–Crippen LogP) is 3.18. The van der Waals surface area contributed by atoms with E-state index in [4.69, 9.17) is 16.3 Å². The summed E-state index contributed by atoms with van der Waals surface area (Å²) in [4.78, 5) is 11.5. The quantitative estimate of drug-likeness (QED) is 0.799. The molecule has 0 saturated carbocycles. The van der Waals surface area contributed by atoms with Crippen LogP contribution in [0.15, 0.2) is 18.5 Å². The second kappa shape index (κ2) is 4.73. The molecule has 0 saturated heterocycles. The zero-order chi connectivity index (χ0) is 14.2. The fourth-order valence-corrected chi connectivity index (χ4v) is 1.80. The van der Waals surface area contributed by atoms with Crippen LogP contribution >= 0.6 is 11.6 Å². The van der Waals surface area contributed by atoms with E-state index < -0.39 is 17.7 Å². The van der Waals surface area contributed by atoms with E-state index in [0.717, 1.165) is 23.0 Å². The maximum absolute atomic E-state index is 12.6. The Hall–Kier alpha value is -1.76. The van der Waals surface area contributed by atoms with Crippen molar-refractivity contribution in [1.29, 1.82) is 0 Å². The number of halogens is 4. The number of carbonyl (C=O) groups is 1. The monoisotopic (exact) mass is 292 g/mol. The summed E-state index contributed by atoms with van der Waals surface area (Å²) in [5.74, 6) is -0.725. The van der Waals surface area contributed by atoms with Crippen molar-refractivity contribution >= 4 is 23.1 Å². The first-order valence-corrected chi connectivity index (χ1v) is 5.63. The predicted molar refractivity (Wildman–Crippen MR) is 61.2 cm³/mol. The number of hydrogen-bond acceptors (Lipinski definition) is 3. The number of hydrogen-bond donors (Lipinski definition) is 0. The molecule has 2 aromatic heterocycles. The first-order chi connectivity index (χ1) is 8.84. The summed E-state index contributed by atoms with van der Waals surface area (Å²) in [6.45, 7) is 1.74. The Kier molecular flexibility index (Phi) is 3.40. The maximum atomic E-state index is 12.6. The molecule has 19 heavy (non-hydrogen) atoms. The molecule has 2 aromatic rings. The Bertz CT molecular complexity index is 637. The van der Waals surface area contributed by atoms with E-state index >= 15 is 0 Å². The topological polar surface area (TPSA) is 43.6 Å². The van der Waals surface area contributed by atoms with E-state index in [0.29, 0.717) is 0 Å². The number of ether oxygens (including phenoxy) is 1. The normalized spacial score (nSPS) is 11.8. The zero-order valence-electron chi connectivity index (χ0n) is 9.66. The third-order valence-corrected chi connectivity index (χ3v) is 2.79. The second-order valence-corrected chi connectivity index (χ2v) is 4.03. The van der Waals surface area contributed by atoms with Crippen molar-refractivity contribution < 1.29 is 22.7 Å². The average Bonchev–Trinajstić information content (AvgIpc) is 2.74. The summed E-state index contributed by atoms with van der Waals surface area (Å²) in [5, 5.41) is 3.59. The Balaban J connectivity index is 2.56. The molecule has 0 amide bonds. The maximum Gasteiger partial charge on any atom is 0.417 e. The molecule has 0 aliphatic carbocycles. The van der Waals surface area contributed by atoms with Gasteiger partial charge < -0.3 is 4.74 Å². The first kappa shape index (κ1) is 13.7. The van der Waals surface area contributed by atoms with E-state index in [1.807, 2.05) is 0 Å². The molecule has 8 heteroatoms. The number of aromatic nitrogens is 2. The largest absolute Gasteiger partial charge is 0.462 e. The van der Waals surface area contributed by atoms with E-state index in [-0.39, 0.29) is 22.7 Å². The number of carbonyl (C=O) groups excluding carboxylic acids is 1. The highest BCUT2D eigenvalue weighted by Crippen LogP contribution is 2.33. The fraction of sp³-hybridized carbons (Fsp3) is 0.273. The Labute approximate surface area is 110 Å². The number of rotatable bonds is 2.